The maximum Gasteiger partial charge on any atom is 0.257 e. The van der Waals surface area contributed by atoms with Crippen molar-refractivity contribution in [2.24, 2.45) is 0 Å². The number of amides is 1. The Labute approximate surface area is 190 Å². The predicted molar refractivity (Wildman–Crippen MR) is 126 cm³/mol. The van der Waals surface area contributed by atoms with Gasteiger partial charge in [0.05, 0.1) is 0 Å². The molecule has 0 saturated carbocycles. The lowest BCUT2D eigenvalue weighted by Gasteiger charge is -2.36. The number of carbonyl (C=O) groups is 1. The minimum atomic E-state index is 0.0503. The van der Waals surface area contributed by atoms with Gasteiger partial charge < -0.3 is 19.3 Å². The first-order chi connectivity index (χ1) is 15.7. The zero-order chi connectivity index (χ0) is 21.9. The molecule has 1 aromatic heterocycles. The van der Waals surface area contributed by atoms with Crippen LogP contribution in [-0.2, 0) is 5.75 Å². The van der Waals surface area contributed by atoms with E-state index in [1.54, 1.807) is 12.1 Å². The molecule has 1 aliphatic rings. The van der Waals surface area contributed by atoms with Gasteiger partial charge in [-0.25, -0.2) is 4.98 Å². The van der Waals surface area contributed by atoms with Crippen molar-refractivity contribution >= 4 is 34.5 Å². The van der Waals surface area contributed by atoms with Crippen LogP contribution >= 0.6 is 11.8 Å². The van der Waals surface area contributed by atoms with E-state index in [1.165, 1.54) is 11.8 Å². The molecular formula is C25H23N3O3S. The molecule has 0 bridgehead atoms. The summed E-state index contributed by atoms with van der Waals surface area (Å²) >= 11 is 1.50. The molecule has 5 rings (SSSR count). The Bertz CT molecular complexity index is 1210. The number of thioether (sulfide) groups is 1. The Balaban J connectivity index is 1.25. The summed E-state index contributed by atoms with van der Waals surface area (Å²) in [5.41, 5.74) is 4.28. The second kappa shape index (κ2) is 8.96. The van der Waals surface area contributed by atoms with Gasteiger partial charge in [-0.3, -0.25) is 4.79 Å². The number of fused-ring (bicyclic) bond motifs is 1. The fraction of sp³-hybridized carbons (Fsp3) is 0.200. The van der Waals surface area contributed by atoms with Crippen molar-refractivity contribution in [2.45, 2.75) is 11.0 Å². The van der Waals surface area contributed by atoms with Crippen LogP contribution in [0.25, 0.3) is 11.1 Å². The number of hydrogen-bond acceptors (Lipinski definition) is 6. The van der Waals surface area contributed by atoms with Crippen molar-refractivity contribution in [3.8, 4) is 5.75 Å². The zero-order valence-corrected chi connectivity index (χ0v) is 18.3. The molecule has 0 atom stereocenters. The van der Waals surface area contributed by atoms with Crippen molar-refractivity contribution < 1.29 is 14.3 Å². The molecule has 1 N–H and O–H groups in total. The van der Waals surface area contributed by atoms with Gasteiger partial charge in [-0.05, 0) is 35.9 Å². The lowest BCUT2D eigenvalue weighted by atomic mass is 10.1. The fourth-order valence-electron chi connectivity index (χ4n) is 3.93. The van der Waals surface area contributed by atoms with Crippen molar-refractivity contribution in [3.05, 3.63) is 83.9 Å². The minimum absolute atomic E-state index is 0.0503. The first kappa shape index (κ1) is 20.5. The summed E-state index contributed by atoms with van der Waals surface area (Å²) in [5, 5.41) is 10.3. The van der Waals surface area contributed by atoms with E-state index in [1.807, 2.05) is 65.6 Å². The molecule has 1 saturated heterocycles. The normalized spacial score (nSPS) is 14.1. The summed E-state index contributed by atoms with van der Waals surface area (Å²) in [5.74, 6) is 0.915. The molecule has 1 aliphatic heterocycles. The third-order valence-electron chi connectivity index (χ3n) is 5.63. The van der Waals surface area contributed by atoms with Crippen LogP contribution in [0.2, 0.25) is 0 Å². The van der Waals surface area contributed by atoms with Gasteiger partial charge in [-0.15, -0.1) is 0 Å². The van der Waals surface area contributed by atoms with Gasteiger partial charge >= 0.3 is 0 Å². The topological polar surface area (TPSA) is 69.8 Å². The molecule has 0 unspecified atom stereocenters. The van der Waals surface area contributed by atoms with E-state index in [-0.39, 0.29) is 11.7 Å². The molecule has 0 spiro atoms. The maximum absolute atomic E-state index is 13.3. The van der Waals surface area contributed by atoms with Gasteiger partial charge in [-0.1, -0.05) is 48.2 Å². The molecule has 3 aromatic carbocycles. The lowest BCUT2D eigenvalue weighted by Crippen LogP contribution is -2.49. The standard InChI is InChI=1S/C25H23N3O3S/c29-20-8-5-7-19(16-20)27-12-14-28(15-13-27)24(30)21-9-2-1-6-18(21)17-32-25-26-22-10-3-4-11-23(22)31-25/h1-11,16,29H,12-15,17H2. The van der Waals surface area contributed by atoms with Crippen LogP contribution < -0.4 is 4.90 Å². The van der Waals surface area contributed by atoms with E-state index < -0.39 is 0 Å². The second-order valence-electron chi connectivity index (χ2n) is 7.69. The number of aromatic nitrogens is 1. The summed E-state index contributed by atoms with van der Waals surface area (Å²) in [7, 11) is 0. The molecule has 1 fully saturated rings. The number of nitrogens with zero attached hydrogens (tertiary/aromatic N) is 3. The first-order valence-electron chi connectivity index (χ1n) is 10.6. The van der Waals surface area contributed by atoms with Gasteiger partial charge in [0.1, 0.15) is 11.3 Å². The van der Waals surface area contributed by atoms with Crippen LogP contribution in [0.3, 0.4) is 0 Å². The number of hydrogen-bond donors (Lipinski definition) is 1. The maximum atomic E-state index is 13.3. The summed E-state index contributed by atoms with van der Waals surface area (Å²) in [6.45, 7) is 2.74. The van der Waals surface area contributed by atoms with Gasteiger partial charge in [0.2, 0.25) is 0 Å². The number of aromatic hydroxyl groups is 1. The number of para-hydroxylation sites is 2. The number of anilines is 1. The highest BCUT2D eigenvalue weighted by molar-refractivity contribution is 7.98. The minimum Gasteiger partial charge on any atom is -0.508 e. The fourth-order valence-corrected chi connectivity index (χ4v) is 4.78. The van der Waals surface area contributed by atoms with E-state index >= 15 is 0 Å². The third-order valence-corrected chi connectivity index (χ3v) is 6.51. The number of rotatable bonds is 5. The number of benzene rings is 3. The van der Waals surface area contributed by atoms with Gasteiger partial charge in [0, 0.05) is 49.2 Å². The Kier molecular flexibility index (Phi) is 5.73. The smallest absolute Gasteiger partial charge is 0.257 e. The van der Waals surface area contributed by atoms with Gasteiger partial charge in [0.25, 0.3) is 11.1 Å². The predicted octanol–water partition coefficient (Wildman–Crippen LogP) is 4.79. The van der Waals surface area contributed by atoms with Crippen LogP contribution in [0.5, 0.6) is 5.75 Å². The average Bonchev–Trinajstić information content (AvgIpc) is 3.26. The molecule has 7 heteroatoms. The lowest BCUT2D eigenvalue weighted by molar-refractivity contribution is 0.0746. The summed E-state index contributed by atoms with van der Waals surface area (Å²) in [6, 6.07) is 22.7. The Morgan fingerprint density at radius 1 is 0.969 bits per heavy atom. The molecule has 2 heterocycles. The van der Waals surface area contributed by atoms with E-state index in [9.17, 15) is 9.90 Å². The van der Waals surface area contributed by atoms with Crippen molar-refractivity contribution in [1.29, 1.82) is 0 Å². The van der Waals surface area contributed by atoms with Crippen LogP contribution in [0.15, 0.2) is 82.4 Å². The number of phenols is 1. The van der Waals surface area contributed by atoms with E-state index in [4.69, 9.17) is 4.42 Å². The SMILES string of the molecule is O=C(c1ccccc1CSc1nc2ccccc2o1)N1CCN(c2cccc(O)c2)CC1. The summed E-state index contributed by atoms with van der Waals surface area (Å²) in [6.07, 6.45) is 0. The van der Waals surface area contributed by atoms with Crippen LogP contribution in [0.1, 0.15) is 15.9 Å². The van der Waals surface area contributed by atoms with Crippen molar-refractivity contribution in [3.63, 3.8) is 0 Å². The number of oxazole rings is 1. The summed E-state index contributed by atoms with van der Waals surface area (Å²) < 4.78 is 5.80. The molecule has 162 valence electrons. The van der Waals surface area contributed by atoms with E-state index in [0.29, 0.717) is 24.1 Å². The molecule has 32 heavy (non-hydrogen) atoms. The van der Waals surface area contributed by atoms with Gasteiger partial charge in [-0.2, -0.15) is 0 Å². The highest BCUT2D eigenvalue weighted by Gasteiger charge is 2.24. The quantitative estimate of drug-likeness (QED) is 0.446. The van der Waals surface area contributed by atoms with Crippen LogP contribution in [-0.4, -0.2) is 47.1 Å². The van der Waals surface area contributed by atoms with Gasteiger partial charge in [0.15, 0.2) is 5.58 Å². The number of phenolic OH excluding ortho intramolecular Hbond substituents is 1. The Hall–Kier alpha value is -3.45. The molecule has 0 radical (unpaired) electrons. The molecule has 0 aliphatic carbocycles. The molecule has 4 aromatic rings. The molecule has 6 nitrogen and oxygen atoms in total. The van der Waals surface area contributed by atoms with Crippen LogP contribution in [0.4, 0.5) is 5.69 Å². The molecular weight excluding hydrogens is 422 g/mol. The highest BCUT2D eigenvalue weighted by Crippen LogP contribution is 2.28. The second-order valence-corrected chi connectivity index (χ2v) is 8.62. The third kappa shape index (κ3) is 4.29. The average molecular weight is 446 g/mol. The number of carbonyl (C=O) groups excluding carboxylic acids is 1. The van der Waals surface area contributed by atoms with E-state index in [0.717, 1.165) is 41.0 Å². The zero-order valence-electron chi connectivity index (χ0n) is 17.5. The Morgan fingerprint density at radius 2 is 1.75 bits per heavy atom. The monoisotopic (exact) mass is 445 g/mol. The van der Waals surface area contributed by atoms with E-state index in [2.05, 4.69) is 9.88 Å². The molecule has 1 amide bonds. The number of piperazine rings is 1. The Morgan fingerprint density at radius 3 is 2.56 bits per heavy atom. The highest BCUT2D eigenvalue weighted by atomic mass is 32.2. The van der Waals surface area contributed by atoms with Crippen molar-refractivity contribution in [1.82, 2.24) is 9.88 Å². The largest absolute Gasteiger partial charge is 0.508 e. The summed E-state index contributed by atoms with van der Waals surface area (Å²) in [4.78, 5) is 21.9. The van der Waals surface area contributed by atoms with Crippen molar-refractivity contribution in [2.75, 3.05) is 31.1 Å². The van der Waals surface area contributed by atoms with Crippen LogP contribution in [0, 0.1) is 0 Å². The first-order valence-corrected chi connectivity index (χ1v) is 11.6.